The fourth-order valence-corrected chi connectivity index (χ4v) is 3.56. The summed E-state index contributed by atoms with van der Waals surface area (Å²) >= 11 is 0. The van der Waals surface area contributed by atoms with Gasteiger partial charge in [0.25, 0.3) is 15.7 Å². The van der Waals surface area contributed by atoms with E-state index in [1.54, 1.807) is 25.1 Å². The van der Waals surface area contributed by atoms with Crippen LogP contribution in [0.5, 0.6) is 0 Å². The minimum atomic E-state index is -3.90. The van der Waals surface area contributed by atoms with Crippen LogP contribution in [0.3, 0.4) is 0 Å². The summed E-state index contributed by atoms with van der Waals surface area (Å²) in [5.41, 5.74) is 0.497. The van der Waals surface area contributed by atoms with E-state index in [9.17, 15) is 18.5 Å². The lowest BCUT2D eigenvalue weighted by molar-refractivity contribution is -0.384. The smallest absolute Gasteiger partial charge is 0.258 e. The maximum atomic E-state index is 12.7. The fraction of sp³-hybridized carbons (Fsp3) is 0.0714. The third-order valence-electron chi connectivity index (χ3n) is 3.30. The normalized spacial score (nSPS) is 11.7. The highest BCUT2D eigenvalue weighted by atomic mass is 32.2. The average Bonchev–Trinajstić information content (AvgIpc) is 2.85. The quantitative estimate of drug-likeness (QED) is 0.546. The molecule has 1 heterocycles. The number of aromatic nitrogens is 2. The number of nitrogens with zero attached hydrogens (tertiary/aromatic N) is 3. The molecule has 3 aromatic rings. The van der Waals surface area contributed by atoms with Crippen LogP contribution in [-0.4, -0.2) is 22.5 Å². The summed E-state index contributed by atoms with van der Waals surface area (Å²) in [4.78, 5) is 10.4. The monoisotopic (exact) mass is 317 g/mol. The zero-order valence-electron chi connectivity index (χ0n) is 11.5. The van der Waals surface area contributed by atoms with Crippen LogP contribution in [0, 0.1) is 17.0 Å². The minimum Gasteiger partial charge on any atom is -0.258 e. The van der Waals surface area contributed by atoms with E-state index < -0.39 is 14.9 Å². The minimum absolute atomic E-state index is 0.0749. The predicted molar refractivity (Wildman–Crippen MR) is 80.2 cm³/mol. The second-order valence-corrected chi connectivity index (χ2v) is 6.47. The van der Waals surface area contributed by atoms with Gasteiger partial charge in [-0.3, -0.25) is 10.1 Å². The van der Waals surface area contributed by atoms with Crippen molar-refractivity contribution in [2.75, 3.05) is 0 Å². The Morgan fingerprint density at radius 3 is 2.45 bits per heavy atom. The first-order chi connectivity index (χ1) is 10.4. The molecule has 0 radical (unpaired) electrons. The van der Waals surface area contributed by atoms with Crippen molar-refractivity contribution in [3.8, 4) is 0 Å². The third kappa shape index (κ3) is 2.13. The summed E-state index contributed by atoms with van der Waals surface area (Å²) in [6.45, 7) is 1.66. The van der Waals surface area contributed by atoms with Crippen LogP contribution in [0.4, 0.5) is 5.69 Å². The van der Waals surface area contributed by atoms with Crippen molar-refractivity contribution in [2.24, 2.45) is 0 Å². The van der Waals surface area contributed by atoms with Crippen LogP contribution in [0.25, 0.3) is 10.9 Å². The van der Waals surface area contributed by atoms with E-state index in [0.717, 1.165) is 4.09 Å². The van der Waals surface area contributed by atoms with E-state index >= 15 is 0 Å². The zero-order chi connectivity index (χ0) is 15.9. The molecule has 112 valence electrons. The Hall–Kier alpha value is -2.74. The standard InChI is InChI=1S/C14H11N3O4S/c1-10-13-8-7-11(17(18)19)9-14(13)16(15-10)22(20,21)12-5-3-2-4-6-12/h2-9H,1H3. The van der Waals surface area contributed by atoms with Gasteiger partial charge in [-0.15, -0.1) is 0 Å². The zero-order valence-corrected chi connectivity index (χ0v) is 12.3. The number of hydrogen-bond donors (Lipinski definition) is 0. The Labute approximate surface area is 126 Å². The number of benzene rings is 2. The number of nitro groups is 1. The van der Waals surface area contributed by atoms with Crippen molar-refractivity contribution in [1.29, 1.82) is 0 Å². The molecular weight excluding hydrogens is 306 g/mol. The van der Waals surface area contributed by atoms with Crippen LogP contribution in [-0.2, 0) is 10.0 Å². The van der Waals surface area contributed by atoms with Gasteiger partial charge in [0, 0.05) is 17.5 Å². The molecule has 0 saturated heterocycles. The largest absolute Gasteiger partial charge is 0.283 e. The van der Waals surface area contributed by atoms with Gasteiger partial charge in [-0.1, -0.05) is 18.2 Å². The molecular formula is C14H11N3O4S. The van der Waals surface area contributed by atoms with Gasteiger partial charge in [-0.25, -0.2) is 0 Å². The van der Waals surface area contributed by atoms with Gasteiger partial charge in [-0.2, -0.15) is 17.6 Å². The Bertz CT molecular complexity index is 978. The molecule has 0 N–H and O–H groups in total. The summed E-state index contributed by atoms with van der Waals surface area (Å²) in [5.74, 6) is 0. The number of aryl methyl sites for hydroxylation is 1. The SMILES string of the molecule is Cc1nn(S(=O)(=O)c2ccccc2)c2cc([N+](=O)[O-])ccc12. The second-order valence-electron chi connectivity index (χ2n) is 4.71. The number of non-ortho nitro benzene ring substituents is 1. The summed E-state index contributed by atoms with van der Waals surface area (Å²) in [5, 5.41) is 15.5. The van der Waals surface area contributed by atoms with Crippen molar-refractivity contribution in [3.05, 3.63) is 64.3 Å². The lowest BCUT2D eigenvalue weighted by atomic mass is 10.2. The van der Waals surface area contributed by atoms with E-state index in [1.165, 1.54) is 30.3 Å². The Kier molecular flexibility index (Phi) is 3.18. The molecule has 0 aliphatic rings. The van der Waals surface area contributed by atoms with Crippen LogP contribution < -0.4 is 0 Å². The Morgan fingerprint density at radius 2 is 1.82 bits per heavy atom. The summed E-state index contributed by atoms with van der Waals surface area (Å²) < 4.78 is 26.2. The third-order valence-corrected chi connectivity index (χ3v) is 4.90. The molecule has 1 aromatic heterocycles. The number of nitro benzene ring substituents is 1. The van der Waals surface area contributed by atoms with Crippen LogP contribution in [0.2, 0.25) is 0 Å². The second kappa shape index (κ2) is 4.92. The average molecular weight is 317 g/mol. The molecule has 0 spiro atoms. The summed E-state index contributed by atoms with van der Waals surface area (Å²) in [6, 6.07) is 11.9. The molecule has 0 unspecified atom stereocenters. The highest BCUT2D eigenvalue weighted by molar-refractivity contribution is 7.90. The lowest BCUT2D eigenvalue weighted by Crippen LogP contribution is -2.14. The fourth-order valence-electron chi connectivity index (χ4n) is 2.22. The molecule has 0 aliphatic heterocycles. The van der Waals surface area contributed by atoms with Gasteiger partial charge in [-0.05, 0) is 25.1 Å². The number of hydrogen-bond acceptors (Lipinski definition) is 5. The van der Waals surface area contributed by atoms with E-state index in [0.29, 0.717) is 11.1 Å². The molecule has 0 bridgehead atoms. The predicted octanol–water partition coefficient (Wildman–Crippen LogP) is 2.49. The van der Waals surface area contributed by atoms with E-state index in [4.69, 9.17) is 0 Å². The van der Waals surface area contributed by atoms with E-state index in [2.05, 4.69) is 5.10 Å². The lowest BCUT2D eigenvalue weighted by Gasteiger charge is -2.05. The van der Waals surface area contributed by atoms with Gasteiger partial charge in [0.05, 0.1) is 21.0 Å². The van der Waals surface area contributed by atoms with Gasteiger partial charge in [0.15, 0.2) is 0 Å². The Morgan fingerprint density at radius 1 is 1.14 bits per heavy atom. The highest BCUT2D eigenvalue weighted by Crippen LogP contribution is 2.26. The first-order valence-electron chi connectivity index (χ1n) is 6.35. The molecule has 8 heteroatoms. The van der Waals surface area contributed by atoms with Gasteiger partial charge in [0.1, 0.15) is 0 Å². The molecule has 22 heavy (non-hydrogen) atoms. The van der Waals surface area contributed by atoms with Gasteiger partial charge in [0.2, 0.25) is 0 Å². The number of fused-ring (bicyclic) bond motifs is 1. The molecule has 3 rings (SSSR count). The molecule has 0 aliphatic carbocycles. The summed E-state index contributed by atoms with van der Waals surface area (Å²) in [6.07, 6.45) is 0. The van der Waals surface area contributed by atoms with Crippen molar-refractivity contribution in [1.82, 2.24) is 9.19 Å². The molecule has 0 saturated carbocycles. The topological polar surface area (TPSA) is 95.1 Å². The van der Waals surface area contributed by atoms with Crippen LogP contribution in [0.15, 0.2) is 53.4 Å². The molecule has 7 nitrogen and oxygen atoms in total. The first kappa shape index (κ1) is 14.2. The maximum Gasteiger partial charge on any atom is 0.283 e. The molecule has 2 aromatic carbocycles. The highest BCUT2D eigenvalue weighted by Gasteiger charge is 2.23. The van der Waals surface area contributed by atoms with Crippen molar-refractivity contribution in [2.45, 2.75) is 11.8 Å². The molecule has 0 fully saturated rings. The van der Waals surface area contributed by atoms with E-state index in [-0.39, 0.29) is 16.1 Å². The van der Waals surface area contributed by atoms with Crippen molar-refractivity contribution >= 4 is 26.6 Å². The van der Waals surface area contributed by atoms with Crippen LogP contribution >= 0.6 is 0 Å². The Balaban J connectivity index is 2.31. The number of rotatable bonds is 3. The summed E-state index contributed by atoms with van der Waals surface area (Å²) in [7, 11) is -3.90. The van der Waals surface area contributed by atoms with Gasteiger partial charge < -0.3 is 0 Å². The molecule has 0 amide bonds. The van der Waals surface area contributed by atoms with Crippen molar-refractivity contribution < 1.29 is 13.3 Å². The van der Waals surface area contributed by atoms with E-state index in [1.807, 2.05) is 0 Å². The van der Waals surface area contributed by atoms with Gasteiger partial charge >= 0.3 is 0 Å². The maximum absolute atomic E-state index is 12.7. The first-order valence-corrected chi connectivity index (χ1v) is 7.79. The molecule has 0 atom stereocenters. The van der Waals surface area contributed by atoms with Crippen LogP contribution in [0.1, 0.15) is 5.69 Å². The van der Waals surface area contributed by atoms with Crippen molar-refractivity contribution in [3.63, 3.8) is 0 Å².